The second-order valence-corrected chi connectivity index (χ2v) is 5.36. The molecule has 1 saturated heterocycles. The largest absolute Gasteiger partial charge is 0.368 e. The van der Waals surface area contributed by atoms with E-state index in [-0.39, 0.29) is 0 Å². The molecule has 0 aromatic heterocycles. The van der Waals surface area contributed by atoms with Gasteiger partial charge in [0, 0.05) is 23.6 Å². The smallest absolute Gasteiger partial charge is 0.0513 e. The van der Waals surface area contributed by atoms with Crippen LogP contribution < -0.4 is 10.2 Å². The fourth-order valence-corrected chi connectivity index (χ4v) is 3.04. The zero-order chi connectivity index (χ0) is 11.5. The van der Waals surface area contributed by atoms with Gasteiger partial charge in [-0.25, -0.2) is 0 Å². The summed E-state index contributed by atoms with van der Waals surface area (Å²) in [5, 5.41) is 3.17. The fraction of sp³-hybridized carbons (Fsp3) is 0.538. The lowest BCUT2D eigenvalue weighted by Gasteiger charge is -2.25. The SMILES string of the molecule is CNCc1ccc(N2CCCC2C)c(Br)c1. The molecule has 2 rings (SSSR count). The Labute approximate surface area is 106 Å². The average Bonchev–Trinajstić information content (AvgIpc) is 2.65. The van der Waals surface area contributed by atoms with Crippen LogP contribution in [0.4, 0.5) is 5.69 Å². The van der Waals surface area contributed by atoms with Crippen LogP contribution in [-0.2, 0) is 6.54 Å². The van der Waals surface area contributed by atoms with Gasteiger partial charge in [0.05, 0.1) is 5.69 Å². The maximum Gasteiger partial charge on any atom is 0.0513 e. The minimum Gasteiger partial charge on any atom is -0.368 e. The Morgan fingerprint density at radius 1 is 1.50 bits per heavy atom. The maximum atomic E-state index is 3.69. The highest BCUT2D eigenvalue weighted by Crippen LogP contribution is 2.32. The first-order chi connectivity index (χ1) is 7.72. The molecule has 1 atom stereocenters. The first kappa shape index (κ1) is 11.9. The van der Waals surface area contributed by atoms with Crippen LogP contribution in [0.5, 0.6) is 0 Å². The van der Waals surface area contributed by atoms with E-state index >= 15 is 0 Å². The molecule has 0 bridgehead atoms. The van der Waals surface area contributed by atoms with Crippen molar-refractivity contribution < 1.29 is 0 Å². The van der Waals surface area contributed by atoms with Gasteiger partial charge >= 0.3 is 0 Å². The molecule has 2 nitrogen and oxygen atoms in total. The topological polar surface area (TPSA) is 15.3 Å². The summed E-state index contributed by atoms with van der Waals surface area (Å²) in [4.78, 5) is 2.49. The predicted molar refractivity (Wildman–Crippen MR) is 72.9 cm³/mol. The summed E-state index contributed by atoms with van der Waals surface area (Å²) in [5.74, 6) is 0. The minimum absolute atomic E-state index is 0.673. The van der Waals surface area contributed by atoms with Crippen LogP contribution in [0.3, 0.4) is 0 Å². The van der Waals surface area contributed by atoms with Crippen molar-refractivity contribution in [3.8, 4) is 0 Å². The normalized spacial score (nSPS) is 20.4. The van der Waals surface area contributed by atoms with Crippen molar-refractivity contribution >= 4 is 21.6 Å². The van der Waals surface area contributed by atoms with Gasteiger partial charge < -0.3 is 10.2 Å². The lowest BCUT2D eigenvalue weighted by atomic mass is 10.2. The molecule has 0 saturated carbocycles. The van der Waals surface area contributed by atoms with Gasteiger partial charge in [-0.15, -0.1) is 0 Å². The molecular formula is C13H19BrN2. The Morgan fingerprint density at radius 2 is 2.31 bits per heavy atom. The third-order valence-corrected chi connectivity index (χ3v) is 3.89. The van der Waals surface area contributed by atoms with E-state index in [1.54, 1.807) is 0 Å². The van der Waals surface area contributed by atoms with Crippen LogP contribution in [0.2, 0.25) is 0 Å². The molecule has 0 radical (unpaired) electrons. The van der Waals surface area contributed by atoms with Crippen LogP contribution in [0.25, 0.3) is 0 Å². The van der Waals surface area contributed by atoms with Gasteiger partial charge in [0.1, 0.15) is 0 Å². The van der Waals surface area contributed by atoms with Crippen LogP contribution >= 0.6 is 15.9 Å². The van der Waals surface area contributed by atoms with E-state index in [1.165, 1.54) is 35.1 Å². The molecule has 1 N–H and O–H groups in total. The highest BCUT2D eigenvalue weighted by Gasteiger charge is 2.21. The Kier molecular flexibility index (Phi) is 3.87. The van der Waals surface area contributed by atoms with Gasteiger partial charge in [-0.1, -0.05) is 6.07 Å². The standard InChI is InChI=1S/C13H19BrN2/c1-10-4-3-7-16(10)13-6-5-11(9-15-2)8-12(13)14/h5-6,8,10,15H,3-4,7,9H2,1-2H3. The Hall–Kier alpha value is -0.540. The van der Waals surface area contributed by atoms with Crippen molar-refractivity contribution in [3.05, 3.63) is 28.2 Å². The van der Waals surface area contributed by atoms with Crippen molar-refractivity contribution in [2.45, 2.75) is 32.4 Å². The van der Waals surface area contributed by atoms with Gasteiger partial charge in [0.2, 0.25) is 0 Å². The first-order valence-corrected chi connectivity index (χ1v) is 6.71. The van der Waals surface area contributed by atoms with Crippen molar-refractivity contribution in [2.75, 3.05) is 18.5 Å². The van der Waals surface area contributed by atoms with Crippen LogP contribution in [0, 0.1) is 0 Å². The number of hydrogen-bond acceptors (Lipinski definition) is 2. The predicted octanol–water partition coefficient (Wildman–Crippen LogP) is 3.16. The molecule has 88 valence electrons. The summed E-state index contributed by atoms with van der Waals surface area (Å²) in [6.07, 6.45) is 2.62. The molecule has 16 heavy (non-hydrogen) atoms. The molecule has 1 aromatic rings. The number of nitrogens with one attached hydrogen (secondary N) is 1. The van der Waals surface area contributed by atoms with Gasteiger partial charge in [0.25, 0.3) is 0 Å². The minimum atomic E-state index is 0.673. The van der Waals surface area contributed by atoms with E-state index < -0.39 is 0 Å². The van der Waals surface area contributed by atoms with Gasteiger partial charge in [-0.3, -0.25) is 0 Å². The molecule has 1 aliphatic rings. The molecule has 1 fully saturated rings. The number of nitrogens with zero attached hydrogens (tertiary/aromatic N) is 1. The Balaban J connectivity index is 2.21. The maximum absolute atomic E-state index is 3.69. The molecule has 3 heteroatoms. The fourth-order valence-electron chi connectivity index (χ4n) is 2.39. The number of anilines is 1. The molecule has 1 heterocycles. The van der Waals surface area contributed by atoms with Gasteiger partial charge in [0.15, 0.2) is 0 Å². The third kappa shape index (κ3) is 2.41. The summed E-state index contributed by atoms with van der Waals surface area (Å²) in [6, 6.07) is 7.34. The summed E-state index contributed by atoms with van der Waals surface area (Å²) >= 11 is 3.69. The second kappa shape index (κ2) is 5.19. The van der Waals surface area contributed by atoms with E-state index in [0.29, 0.717) is 6.04 Å². The second-order valence-electron chi connectivity index (χ2n) is 4.50. The van der Waals surface area contributed by atoms with Crippen molar-refractivity contribution in [1.82, 2.24) is 5.32 Å². The van der Waals surface area contributed by atoms with Crippen molar-refractivity contribution in [2.24, 2.45) is 0 Å². The average molecular weight is 283 g/mol. The van der Waals surface area contributed by atoms with Gasteiger partial charge in [-0.05, 0) is 60.4 Å². The molecule has 0 aliphatic carbocycles. The number of benzene rings is 1. The summed E-state index contributed by atoms with van der Waals surface area (Å²) in [7, 11) is 1.98. The Morgan fingerprint density at radius 3 is 2.88 bits per heavy atom. The number of halogens is 1. The molecule has 0 spiro atoms. The monoisotopic (exact) mass is 282 g/mol. The molecule has 1 aromatic carbocycles. The van der Waals surface area contributed by atoms with Crippen molar-refractivity contribution in [3.63, 3.8) is 0 Å². The van der Waals surface area contributed by atoms with E-state index in [9.17, 15) is 0 Å². The van der Waals surface area contributed by atoms with Crippen LogP contribution in [0.1, 0.15) is 25.3 Å². The Bertz CT molecular complexity index is 365. The van der Waals surface area contributed by atoms with Crippen molar-refractivity contribution in [1.29, 1.82) is 0 Å². The molecule has 0 amide bonds. The lowest BCUT2D eigenvalue weighted by molar-refractivity contribution is 0.733. The molecule has 1 unspecified atom stereocenters. The zero-order valence-corrected chi connectivity index (χ0v) is 11.5. The van der Waals surface area contributed by atoms with Crippen LogP contribution in [-0.4, -0.2) is 19.6 Å². The summed E-state index contributed by atoms with van der Waals surface area (Å²) in [5.41, 5.74) is 2.66. The molecule has 1 aliphatic heterocycles. The van der Waals surface area contributed by atoms with E-state index in [0.717, 1.165) is 6.54 Å². The highest BCUT2D eigenvalue weighted by atomic mass is 79.9. The highest BCUT2D eigenvalue weighted by molar-refractivity contribution is 9.10. The quantitative estimate of drug-likeness (QED) is 0.916. The molecular weight excluding hydrogens is 264 g/mol. The van der Waals surface area contributed by atoms with Crippen LogP contribution in [0.15, 0.2) is 22.7 Å². The summed E-state index contributed by atoms with van der Waals surface area (Å²) < 4.78 is 1.22. The number of rotatable bonds is 3. The lowest BCUT2D eigenvalue weighted by Crippen LogP contribution is -2.26. The third-order valence-electron chi connectivity index (χ3n) is 3.26. The van der Waals surface area contributed by atoms with E-state index in [1.807, 2.05) is 7.05 Å². The first-order valence-electron chi connectivity index (χ1n) is 5.92. The number of hydrogen-bond donors (Lipinski definition) is 1. The zero-order valence-electron chi connectivity index (χ0n) is 9.96. The summed E-state index contributed by atoms with van der Waals surface area (Å²) in [6.45, 7) is 4.42. The van der Waals surface area contributed by atoms with E-state index in [2.05, 4.69) is 51.3 Å². The van der Waals surface area contributed by atoms with Gasteiger partial charge in [-0.2, -0.15) is 0 Å². The van der Waals surface area contributed by atoms with E-state index in [4.69, 9.17) is 0 Å².